The standard InChI is InChI=1S/C23H34N2O/c1-2-20-21-12-8-9-13-22(21)25(23(20)26)19-14-16-24(17-15-19)18-10-6-4-3-5-7-11-18/h8-9,12-13,18-20H,2-7,10-11,14-17H2,1H3. The summed E-state index contributed by atoms with van der Waals surface area (Å²) in [4.78, 5) is 18.0. The van der Waals surface area contributed by atoms with Crippen LogP contribution in [0.1, 0.15) is 82.6 Å². The zero-order chi connectivity index (χ0) is 17.9. The second-order valence-corrected chi connectivity index (χ2v) is 8.49. The molecule has 2 fully saturated rings. The number of carbonyl (C=O) groups is 1. The van der Waals surface area contributed by atoms with Gasteiger partial charge in [0.15, 0.2) is 0 Å². The van der Waals surface area contributed by atoms with E-state index in [-0.39, 0.29) is 5.92 Å². The third-order valence-electron chi connectivity index (χ3n) is 6.97. The number of carbonyl (C=O) groups excluding carboxylic acids is 1. The zero-order valence-corrected chi connectivity index (χ0v) is 16.3. The van der Waals surface area contributed by atoms with Crippen molar-refractivity contribution in [2.24, 2.45) is 0 Å². The molecule has 142 valence electrons. The predicted octanol–water partition coefficient (Wildman–Crippen LogP) is 5.10. The molecule has 3 nitrogen and oxygen atoms in total. The monoisotopic (exact) mass is 354 g/mol. The van der Waals surface area contributed by atoms with E-state index in [2.05, 4.69) is 41.0 Å². The molecule has 1 saturated carbocycles. The molecule has 0 bridgehead atoms. The van der Waals surface area contributed by atoms with Gasteiger partial charge in [0.2, 0.25) is 5.91 Å². The van der Waals surface area contributed by atoms with Gasteiger partial charge in [-0.1, -0.05) is 57.2 Å². The molecular formula is C23H34N2O. The molecule has 0 radical (unpaired) electrons. The number of hydrogen-bond acceptors (Lipinski definition) is 2. The molecule has 0 aromatic heterocycles. The third kappa shape index (κ3) is 3.43. The molecule has 1 amide bonds. The smallest absolute Gasteiger partial charge is 0.234 e. The Kier molecular flexibility index (Phi) is 5.63. The Hall–Kier alpha value is -1.35. The van der Waals surface area contributed by atoms with E-state index < -0.39 is 0 Å². The van der Waals surface area contributed by atoms with E-state index in [0.29, 0.717) is 11.9 Å². The van der Waals surface area contributed by atoms with Crippen molar-refractivity contribution >= 4 is 11.6 Å². The van der Waals surface area contributed by atoms with Crippen molar-refractivity contribution in [3.63, 3.8) is 0 Å². The molecule has 2 aliphatic heterocycles. The van der Waals surface area contributed by atoms with Gasteiger partial charge in [0, 0.05) is 30.9 Å². The van der Waals surface area contributed by atoms with Gasteiger partial charge in [-0.15, -0.1) is 0 Å². The Morgan fingerprint density at radius 1 is 0.885 bits per heavy atom. The van der Waals surface area contributed by atoms with E-state index >= 15 is 0 Å². The Balaban J connectivity index is 1.42. The topological polar surface area (TPSA) is 23.6 Å². The molecule has 0 N–H and O–H groups in total. The Morgan fingerprint density at radius 3 is 2.23 bits per heavy atom. The first-order valence-electron chi connectivity index (χ1n) is 11.0. The number of hydrogen-bond donors (Lipinski definition) is 0. The number of para-hydroxylation sites is 1. The average molecular weight is 355 g/mol. The van der Waals surface area contributed by atoms with Gasteiger partial charge in [-0.3, -0.25) is 4.79 Å². The minimum absolute atomic E-state index is 0.0786. The normalized spacial score (nSPS) is 26.6. The van der Waals surface area contributed by atoms with Crippen LogP contribution >= 0.6 is 0 Å². The lowest BCUT2D eigenvalue weighted by Crippen LogP contribution is -2.49. The van der Waals surface area contributed by atoms with Crippen LogP contribution < -0.4 is 4.90 Å². The van der Waals surface area contributed by atoms with E-state index in [1.54, 1.807) is 0 Å². The van der Waals surface area contributed by atoms with Crippen molar-refractivity contribution in [3.8, 4) is 0 Å². The molecular weight excluding hydrogens is 320 g/mol. The number of rotatable bonds is 3. The van der Waals surface area contributed by atoms with Gasteiger partial charge in [0.25, 0.3) is 0 Å². The molecule has 1 aromatic carbocycles. The number of anilines is 1. The molecule has 1 aromatic rings. The maximum atomic E-state index is 13.1. The van der Waals surface area contributed by atoms with Crippen LogP contribution in [0.3, 0.4) is 0 Å². The predicted molar refractivity (Wildman–Crippen MR) is 108 cm³/mol. The SMILES string of the molecule is CCC1C(=O)N(C2CCN(C3CCCCCCC3)CC2)c2ccccc21. The van der Waals surface area contributed by atoms with Crippen LogP contribution in [-0.2, 0) is 4.79 Å². The summed E-state index contributed by atoms with van der Waals surface area (Å²) in [5, 5.41) is 0. The minimum atomic E-state index is 0.0786. The summed E-state index contributed by atoms with van der Waals surface area (Å²) in [6.45, 7) is 4.47. The van der Waals surface area contributed by atoms with E-state index in [1.807, 2.05) is 0 Å². The van der Waals surface area contributed by atoms with Crippen molar-refractivity contribution < 1.29 is 4.79 Å². The van der Waals surface area contributed by atoms with Gasteiger partial charge in [-0.2, -0.15) is 0 Å². The van der Waals surface area contributed by atoms with Crippen LogP contribution in [-0.4, -0.2) is 36.0 Å². The lowest BCUT2D eigenvalue weighted by molar-refractivity contribution is -0.120. The molecule has 1 aliphatic carbocycles. The summed E-state index contributed by atoms with van der Waals surface area (Å²) in [7, 11) is 0. The fourth-order valence-corrected chi connectivity index (χ4v) is 5.50. The van der Waals surface area contributed by atoms with Crippen molar-refractivity contribution in [2.75, 3.05) is 18.0 Å². The second-order valence-electron chi connectivity index (χ2n) is 8.49. The van der Waals surface area contributed by atoms with Crippen LogP contribution in [0.15, 0.2) is 24.3 Å². The number of amides is 1. The lowest BCUT2D eigenvalue weighted by Gasteiger charge is -2.41. The Labute approximate surface area is 158 Å². The molecule has 26 heavy (non-hydrogen) atoms. The lowest BCUT2D eigenvalue weighted by atomic mass is 9.93. The minimum Gasteiger partial charge on any atom is -0.308 e. The zero-order valence-electron chi connectivity index (χ0n) is 16.3. The van der Waals surface area contributed by atoms with Gasteiger partial charge in [0.05, 0.1) is 5.92 Å². The van der Waals surface area contributed by atoms with Crippen molar-refractivity contribution in [1.82, 2.24) is 4.90 Å². The Morgan fingerprint density at radius 2 is 1.54 bits per heavy atom. The number of nitrogens with zero attached hydrogens (tertiary/aromatic N) is 2. The van der Waals surface area contributed by atoms with Crippen LogP contribution in [0.2, 0.25) is 0 Å². The van der Waals surface area contributed by atoms with Gasteiger partial charge >= 0.3 is 0 Å². The van der Waals surface area contributed by atoms with Crippen molar-refractivity contribution in [3.05, 3.63) is 29.8 Å². The number of benzene rings is 1. The summed E-state index contributed by atoms with van der Waals surface area (Å²) in [5.41, 5.74) is 2.44. The first-order valence-corrected chi connectivity index (χ1v) is 11.0. The van der Waals surface area contributed by atoms with Crippen LogP contribution in [0, 0.1) is 0 Å². The van der Waals surface area contributed by atoms with Crippen molar-refractivity contribution in [2.45, 2.75) is 89.1 Å². The summed E-state index contributed by atoms with van der Waals surface area (Å²) in [5.74, 6) is 0.424. The highest BCUT2D eigenvalue weighted by Gasteiger charge is 2.40. The second kappa shape index (κ2) is 8.12. The highest BCUT2D eigenvalue weighted by Crippen LogP contribution is 2.41. The van der Waals surface area contributed by atoms with Crippen LogP contribution in [0.4, 0.5) is 5.69 Å². The summed E-state index contributed by atoms with van der Waals surface area (Å²) in [6.07, 6.45) is 13.0. The summed E-state index contributed by atoms with van der Waals surface area (Å²) >= 11 is 0. The van der Waals surface area contributed by atoms with Crippen LogP contribution in [0.25, 0.3) is 0 Å². The molecule has 3 aliphatic rings. The van der Waals surface area contributed by atoms with E-state index in [9.17, 15) is 4.79 Å². The van der Waals surface area contributed by atoms with E-state index in [0.717, 1.165) is 38.4 Å². The van der Waals surface area contributed by atoms with Crippen LogP contribution in [0.5, 0.6) is 0 Å². The van der Waals surface area contributed by atoms with E-state index in [4.69, 9.17) is 0 Å². The van der Waals surface area contributed by atoms with Crippen molar-refractivity contribution in [1.29, 1.82) is 0 Å². The number of piperidine rings is 1. The fourth-order valence-electron chi connectivity index (χ4n) is 5.50. The molecule has 1 saturated heterocycles. The summed E-state index contributed by atoms with van der Waals surface area (Å²) in [6, 6.07) is 9.66. The molecule has 2 heterocycles. The highest BCUT2D eigenvalue weighted by molar-refractivity contribution is 6.05. The molecule has 3 heteroatoms. The summed E-state index contributed by atoms with van der Waals surface area (Å²) < 4.78 is 0. The maximum absolute atomic E-state index is 13.1. The maximum Gasteiger partial charge on any atom is 0.234 e. The largest absolute Gasteiger partial charge is 0.308 e. The third-order valence-corrected chi connectivity index (χ3v) is 6.97. The molecule has 1 unspecified atom stereocenters. The molecule has 0 spiro atoms. The average Bonchev–Trinajstić information content (AvgIpc) is 2.93. The number of fused-ring (bicyclic) bond motifs is 1. The van der Waals surface area contributed by atoms with Gasteiger partial charge < -0.3 is 9.80 Å². The fraction of sp³-hybridized carbons (Fsp3) is 0.696. The quantitative estimate of drug-likeness (QED) is 0.753. The molecule has 4 rings (SSSR count). The first kappa shape index (κ1) is 18.0. The first-order chi connectivity index (χ1) is 12.8. The van der Waals surface area contributed by atoms with Gasteiger partial charge in [0.1, 0.15) is 0 Å². The molecule has 1 atom stereocenters. The number of likely N-dealkylation sites (tertiary alicyclic amines) is 1. The van der Waals surface area contributed by atoms with Gasteiger partial charge in [-0.05, 0) is 43.7 Å². The Bertz CT molecular complexity index is 612. The van der Waals surface area contributed by atoms with E-state index in [1.165, 1.54) is 56.2 Å². The van der Waals surface area contributed by atoms with Gasteiger partial charge in [-0.25, -0.2) is 0 Å². The highest BCUT2D eigenvalue weighted by atomic mass is 16.2.